The topological polar surface area (TPSA) is 107 Å². The molecule has 7 nitrogen and oxygen atoms in total. The van der Waals surface area contributed by atoms with E-state index in [-0.39, 0.29) is 12.0 Å². The summed E-state index contributed by atoms with van der Waals surface area (Å²) in [6.07, 6.45) is 0.0138. The van der Waals surface area contributed by atoms with Crippen LogP contribution in [0.5, 0.6) is 5.19 Å². The van der Waals surface area contributed by atoms with Crippen LogP contribution in [-0.4, -0.2) is 33.5 Å². The van der Waals surface area contributed by atoms with Crippen LogP contribution in [0, 0.1) is 5.92 Å². The molecule has 1 atom stereocenters. The summed E-state index contributed by atoms with van der Waals surface area (Å²) >= 11 is 2.51. The Kier molecular flexibility index (Phi) is 6.21. The molecule has 0 aromatic carbocycles. The third-order valence-corrected chi connectivity index (χ3v) is 4.51. The average Bonchev–Trinajstić information content (AvgIpc) is 2.70. The van der Waals surface area contributed by atoms with Crippen LogP contribution >= 0.6 is 23.1 Å². The number of aromatic nitrogens is 2. The molecule has 1 aromatic rings. The number of carbonyl (C=O) groups excluding carboxylic acids is 2. The summed E-state index contributed by atoms with van der Waals surface area (Å²) in [5.74, 6) is -0.420. The first-order chi connectivity index (χ1) is 9.29. The van der Waals surface area contributed by atoms with Crippen LogP contribution in [0.3, 0.4) is 0 Å². The van der Waals surface area contributed by atoms with Crippen LogP contribution in [0.1, 0.15) is 27.7 Å². The number of nitrogens with zero attached hydrogens (tertiary/aromatic N) is 2. The molecule has 1 heterocycles. The van der Waals surface area contributed by atoms with Gasteiger partial charge in [-0.3, -0.25) is 10.1 Å². The number of urea groups is 1. The monoisotopic (exact) mass is 318 g/mol. The predicted molar refractivity (Wildman–Crippen MR) is 77.9 cm³/mol. The Morgan fingerprint density at radius 2 is 1.95 bits per heavy atom. The normalized spacial score (nSPS) is 12.5. The number of carbonyl (C=O) groups is 2. The first kappa shape index (κ1) is 16.7. The molecule has 1 rings (SSSR count). The van der Waals surface area contributed by atoms with Crippen molar-refractivity contribution in [3.05, 3.63) is 0 Å². The largest absolute Gasteiger partial charge is 0.466 e. The molecule has 0 aliphatic heterocycles. The van der Waals surface area contributed by atoms with E-state index in [9.17, 15) is 9.59 Å². The first-order valence-electron chi connectivity index (χ1n) is 6.06. The molecule has 9 heteroatoms. The van der Waals surface area contributed by atoms with Gasteiger partial charge in [0.2, 0.25) is 5.91 Å². The number of rotatable bonds is 6. The summed E-state index contributed by atoms with van der Waals surface area (Å²) in [6.45, 7) is 7.55. The molecular weight excluding hydrogens is 300 g/mol. The predicted octanol–water partition coefficient (Wildman–Crippen LogP) is 1.64. The summed E-state index contributed by atoms with van der Waals surface area (Å²) in [5.41, 5.74) is 4.96. The molecule has 0 saturated carbocycles. The molecule has 0 fully saturated rings. The van der Waals surface area contributed by atoms with Crippen LogP contribution in [-0.2, 0) is 4.79 Å². The number of nitrogens with two attached hydrogens (primary N) is 1. The molecule has 0 aliphatic rings. The Morgan fingerprint density at radius 3 is 2.45 bits per heavy atom. The van der Waals surface area contributed by atoms with E-state index in [0.717, 1.165) is 0 Å². The van der Waals surface area contributed by atoms with E-state index in [1.54, 1.807) is 0 Å². The number of hydrogen-bond acceptors (Lipinski definition) is 7. The minimum absolute atomic E-state index is 0.0118. The van der Waals surface area contributed by atoms with Gasteiger partial charge < -0.3 is 10.5 Å². The Morgan fingerprint density at radius 1 is 1.30 bits per heavy atom. The fourth-order valence-electron chi connectivity index (χ4n) is 1.29. The van der Waals surface area contributed by atoms with Gasteiger partial charge in [-0.05, 0) is 31.1 Å². The second kappa shape index (κ2) is 7.44. The standard InChI is InChI=1S/C11H18N4O3S2/c1-5(2)7(8(16)13-9(12)17)19-11-15-14-10(20-11)18-6(3)4/h5-7H,1-4H3,(H3,12,13,16,17)/t7-/m1/s1. The maximum atomic E-state index is 11.9. The third kappa shape index (κ3) is 5.33. The van der Waals surface area contributed by atoms with Crippen molar-refractivity contribution in [2.75, 3.05) is 0 Å². The zero-order valence-electron chi connectivity index (χ0n) is 11.7. The second-order valence-corrected chi connectivity index (χ2v) is 6.97. The number of amides is 3. The van der Waals surface area contributed by atoms with E-state index < -0.39 is 17.2 Å². The van der Waals surface area contributed by atoms with Gasteiger partial charge in [-0.15, -0.1) is 5.10 Å². The molecular formula is C11H18N4O3S2. The van der Waals surface area contributed by atoms with Crippen molar-refractivity contribution >= 4 is 35.0 Å². The quantitative estimate of drug-likeness (QED) is 0.772. The molecule has 0 aliphatic carbocycles. The number of imide groups is 1. The van der Waals surface area contributed by atoms with E-state index >= 15 is 0 Å². The fourth-order valence-corrected chi connectivity index (χ4v) is 3.30. The maximum absolute atomic E-state index is 11.9. The molecule has 1 aromatic heterocycles. The van der Waals surface area contributed by atoms with E-state index in [2.05, 4.69) is 15.5 Å². The number of primary amides is 1. The van der Waals surface area contributed by atoms with Crippen LogP contribution < -0.4 is 15.8 Å². The van der Waals surface area contributed by atoms with Crippen molar-refractivity contribution in [1.29, 1.82) is 0 Å². The Hall–Kier alpha value is -1.35. The number of hydrogen-bond donors (Lipinski definition) is 2. The van der Waals surface area contributed by atoms with Crippen molar-refractivity contribution in [2.24, 2.45) is 11.7 Å². The number of nitrogens with one attached hydrogen (secondary N) is 1. The summed E-state index contributed by atoms with van der Waals surface area (Å²) in [6, 6.07) is -0.859. The fraction of sp³-hybridized carbons (Fsp3) is 0.636. The summed E-state index contributed by atoms with van der Waals surface area (Å²) in [4.78, 5) is 22.6. The molecule has 3 N–H and O–H groups in total. The van der Waals surface area contributed by atoms with Crippen molar-refractivity contribution < 1.29 is 14.3 Å². The minimum Gasteiger partial charge on any atom is -0.466 e. The zero-order chi connectivity index (χ0) is 15.3. The van der Waals surface area contributed by atoms with E-state index in [4.69, 9.17) is 10.5 Å². The van der Waals surface area contributed by atoms with Crippen LogP contribution in [0.25, 0.3) is 0 Å². The lowest BCUT2D eigenvalue weighted by atomic mass is 10.1. The van der Waals surface area contributed by atoms with E-state index in [0.29, 0.717) is 9.53 Å². The summed E-state index contributed by atoms with van der Waals surface area (Å²) in [5, 5.41) is 9.93. The maximum Gasteiger partial charge on any atom is 0.318 e. The summed E-state index contributed by atoms with van der Waals surface area (Å²) in [7, 11) is 0. The zero-order valence-corrected chi connectivity index (χ0v) is 13.4. The Balaban J connectivity index is 2.73. The highest BCUT2D eigenvalue weighted by Crippen LogP contribution is 2.33. The molecule has 0 radical (unpaired) electrons. The van der Waals surface area contributed by atoms with Gasteiger partial charge in [0.15, 0.2) is 4.34 Å². The van der Waals surface area contributed by atoms with Gasteiger partial charge in [0.05, 0.1) is 11.4 Å². The first-order valence-corrected chi connectivity index (χ1v) is 7.76. The highest BCUT2D eigenvalue weighted by atomic mass is 32.2. The minimum atomic E-state index is -0.859. The smallest absolute Gasteiger partial charge is 0.318 e. The lowest BCUT2D eigenvalue weighted by Gasteiger charge is -2.16. The van der Waals surface area contributed by atoms with Gasteiger partial charge in [0.1, 0.15) is 0 Å². The van der Waals surface area contributed by atoms with E-state index in [1.165, 1.54) is 23.1 Å². The van der Waals surface area contributed by atoms with Gasteiger partial charge >= 0.3 is 6.03 Å². The van der Waals surface area contributed by atoms with Gasteiger partial charge in [0, 0.05) is 0 Å². The Labute approximate surface area is 125 Å². The molecule has 0 saturated heterocycles. The van der Waals surface area contributed by atoms with Crippen LogP contribution in [0.15, 0.2) is 4.34 Å². The Bertz CT molecular complexity index is 476. The molecule has 0 spiro atoms. The SMILES string of the molecule is CC(C)Oc1nnc(S[C@@H](C(=O)NC(N)=O)C(C)C)s1. The average molecular weight is 318 g/mol. The lowest BCUT2D eigenvalue weighted by Crippen LogP contribution is -2.42. The van der Waals surface area contributed by atoms with Crippen LogP contribution in [0.4, 0.5) is 4.79 Å². The van der Waals surface area contributed by atoms with Crippen molar-refractivity contribution in [2.45, 2.75) is 43.4 Å². The van der Waals surface area contributed by atoms with Gasteiger partial charge in [-0.2, -0.15) is 0 Å². The van der Waals surface area contributed by atoms with Crippen molar-refractivity contribution in [1.82, 2.24) is 15.5 Å². The molecule has 0 bridgehead atoms. The van der Waals surface area contributed by atoms with Crippen LogP contribution in [0.2, 0.25) is 0 Å². The third-order valence-electron chi connectivity index (χ3n) is 2.06. The van der Waals surface area contributed by atoms with Gasteiger partial charge in [-0.1, -0.05) is 30.7 Å². The highest BCUT2D eigenvalue weighted by Gasteiger charge is 2.26. The molecule has 0 unspecified atom stereocenters. The van der Waals surface area contributed by atoms with Crippen molar-refractivity contribution in [3.8, 4) is 5.19 Å². The second-order valence-electron chi connectivity index (χ2n) is 4.64. The highest BCUT2D eigenvalue weighted by molar-refractivity contribution is 8.02. The number of ether oxygens (including phenoxy) is 1. The lowest BCUT2D eigenvalue weighted by molar-refractivity contribution is -0.120. The van der Waals surface area contributed by atoms with Gasteiger partial charge in [0.25, 0.3) is 5.19 Å². The molecule has 3 amide bonds. The molecule has 112 valence electrons. The molecule has 20 heavy (non-hydrogen) atoms. The van der Waals surface area contributed by atoms with Crippen molar-refractivity contribution in [3.63, 3.8) is 0 Å². The van der Waals surface area contributed by atoms with Gasteiger partial charge in [-0.25, -0.2) is 4.79 Å². The van der Waals surface area contributed by atoms with E-state index in [1.807, 2.05) is 27.7 Å². The summed E-state index contributed by atoms with van der Waals surface area (Å²) < 4.78 is 6.03. The number of thioether (sulfide) groups is 1.